The Morgan fingerprint density at radius 1 is 1.41 bits per heavy atom. The zero-order valence-corrected chi connectivity index (χ0v) is 9.98. The number of hydrogen-bond donors (Lipinski definition) is 1. The molecule has 1 aromatic heterocycles. The van der Waals surface area contributed by atoms with E-state index in [1.165, 1.54) is 0 Å². The van der Waals surface area contributed by atoms with E-state index in [4.69, 9.17) is 11.6 Å². The van der Waals surface area contributed by atoms with Gasteiger partial charge in [0.1, 0.15) is 5.88 Å². The van der Waals surface area contributed by atoms with E-state index in [0.717, 1.165) is 11.4 Å². The highest BCUT2D eigenvalue weighted by Crippen LogP contribution is 2.13. The van der Waals surface area contributed by atoms with Crippen LogP contribution >= 0.6 is 11.6 Å². The standard InChI is InChI=1S/C11H11ClN4O/c1-8-7-13-15-16(8)10-4-2-9(3-5-10)14-11(17)6-12/h2-5,7H,6H2,1H3,(H,14,17). The van der Waals surface area contributed by atoms with Crippen molar-refractivity contribution >= 4 is 23.2 Å². The van der Waals surface area contributed by atoms with Crippen LogP contribution in [-0.2, 0) is 4.79 Å². The molecular formula is C11H11ClN4O. The molecule has 88 valence electrons. The van der Waals surface area contributed by atoms with Crippen molar-refractivity contribution in [2.75, 3.05) is 11.2 Å². The third kappa shape index (κ3) is 2.62. The zero-order valence-electron chi connectivity index (χ0n) is 9.22. The molecule has 6 heteroatoms. The van der Waals surface area contributed by atoms with Crippen LogP contribution in [0.1, 0.15) is 5.69 Å². The number of aryl methyl sites for hydroxylation is 1. The highest BCUT2D eigenvalue weighted by Gasteiger charge is 2.03. The summed E-state index contributed by atoms with van der Waals surface area (Å²) in [6, 6.07) is 7.29. The highest BCUT2D eigenvalue weighted by molar-refractivity contribution is 6.29. The Morgan fingerprint density at radius 3 is 2.65 bits per heavy atom. The van der Waals surface area contributed by atoms with Gasteiger partial charge in [-0.05, 0) is 31.2 Å². The largest absolute Gasteiger partial charge is 0.325 e. The highest BCUT2D eigenvalue weighted by atomic mass is 35.5. The van der Waals surface area contributed by atoms with Gasteiger partial charge in [0.25, 0.3) is 0 Å². The minimum Gasteiger partial charge on any atom is -0.325 e. The summed E-state index contributed by atoms with van der Waals surface area (Å²) >= 11 is 5.40. The molecule has 1 amide bonds. The first-order valence-electron chi connectivity index (χ1n) is 5.04. The number of anilines is 1. The maximum absolute atomic E-state index is 11.1. The second-order valence-electron chi connectivity index (χ2n) is 3.52. The molecule has 0 aliphatic heterocycles. The molecular weight excluding hydrogens is 240 g/mol. The molecule has 0 fully saturated rings. The van der Waals surface area contributed by atoms with Crippen LogP contribution in [0.3, 0.4) is 0 Å². The smallest absolute Gasteiger partial charge is 0.239 e. The van der Waals surface area contributed by atoms with E-state index >= 15 is 0 Å². The number of alkyl halides is 1. The molecule has 1 aromatic carbocycles. The third-order valence-corrected chi connectivity index (χ3v) is 2.48. The van der Waals surface area contributed by atoms with E-state index in [1.54, 1.807) is 23.0 Å². The van der Waals surface area contributed by atoms with Crippen LogP contribution in [0.25, 0.3) is 5.69 Å². The molecule has 17 heavy (non-hydrogen) atoms. The number of benzene rings is 1. The van der Waals surface area contributed by atoms with Gasteiger partial charge in [-0.1, -0.05) is 5.21 Å². The average Bonchev–Trinajstić information content (AvgIpc) is 2.76. The number of nitrogens with zero attached hydrogens (tertiary/aromatic N) is 3. The van der Waals surface area contributed by atoms with Crippen LogP contribution in [0.5, 0.6) is 0 Å². The Hall–Kier alpha value is -1.88. The predicted molar refractivity (Wildman–Crippen MR) is 65.4 cm³/mol. The van der Waals surface area contributed by atoms with Crippen molar-refractivity contribution in [2.45, 2.75) is 6.92 Å². The molecule has 0 unspecified atom stereocenters. The normalized spacial score (nSPS) is 10.2. The molecule has 0 atom stereocenters. The third-order valence-electron chi connectivity index (χ3n) is 2.24. The lowest BCUT2D eigenvalue weighted by atomic mass is 10.2. The quantitative estimate of drug-likeness (QED) is 0.845. The summed E-state index contributed by atoms with van der Waals surface area (Å²) in [6.07, 6.45) is 1.68. The van der Waals surface area contributed by atoms with E-state index in [1.807, 2.05) is 19.1 Å². The Morgan fingerprint density at radius 2 is 2.12 bits per heavy atom. The SMILES string of the molecule is Cc1cnnn1-c1ccc(NC(=O)CCl)cc1. The van der Waals surface area contributed by atoms with Gasteiger partial charge < -0.3 is 5.32 Å². The van der Waals surface area contributed by atoms with Crippen LogP contribution in [0.4, 0.5) is 5.69 Å². The van der Waals surface area contributed by atoms with Crippen molar-refractivity contribution < 1.29 is 4.79 Å². The number of halogens is 1. The Labute approximate surface area is 103 Å². The molecule has 1 heterocycles. The van der Waals surface area contributed by atoms with E-state index in [-0.39, 0.29) is 11.8 Å². The molecule has 2 aromatic rings. The lowest BCUT2D eigenvalue weighted by molar-refractivity contribution is -0.113. The van der Waals surface area contributed by atoms with Crippen molar-refractivity contribution in [2.24, 2.45) is 0 Å². The molecule has 0 saturated heterocycles. The number of amides is 1. The predicted octanol–water partition coefficient (Wildman–Crippen LogP) is 1.75. The fraction of sp³-hybridized carbons (Fsp3) is 0.182. The van der Waals surface area contributed by atoms with Crippen LogP contribution < -0.4 is 5.32 Å². The Bertz CT molecular complexity index is 521. The van der Waals surface area contributed by atoms with Gasteiger partial charge in [0.05, 0.1) is 17.6 Å². The summed E-state index contributed by atoms with van der Waals surface area (Å²) < 4.78 is 1.72. The molecule has 0 aliphatic rings. The van der Waals surface area contributed by atoms with Crippen molar-refractivity contribution in [3.63, 3.8) is 0 Å². The first kappa shape index (κ1) is 11.6. The van der Waals surface area contributed by atoms with Crippen LogP contribution in [0.15, 0.2) is 30.5 Å². The first-order valence-corrected chi connectivity index (χ1v) is 5.57. The molecule has 0 spiro atoms. The average molecular weight is 251 g/mol. The van der Waals surface area contributed by atoms with Gasteiger partial charge in [-0.3, -0.25) is 4.79 Å². The molecule has 2 rings (SSSR count). The Kier molecular flexibility index (Phi) is 3.39. The van der Waals surface area contributed by atoms with Crippen molar-refractivity contribution in [1.82, 2.24) is 15.0 Å². The van der Waals surface area contributed by atoms with E-state index in [0.29, 0.717) is 5.69 Å². The molecule has 0 radical (unpaired) electrons. The lowest BCUT2D eigenvalue weighted by Gasteiger charge is -2.05. The van der Waals surface area contributed by atoms with Gasteiger partial charge in [0.15, 0.2) is 0 Å². The van der Waals surface area contributed by atoms with Crippen LogP contribution in [0, 0.1) is 6.92 Å². The molecule has 1 N–H and O–H groups in total. The number of carbonyl (C=O) groups excluding carboxylic acids is 1. The fourth-order valence-corrected chi connectivity index (χ4v) is 1.49. The van der Waals surface area contributed by atoms with Gasteiger partial charge in [-0.2, -0.15) is 0 Å². The van der Waals surface area contributed by atoms with E-state index in [9.17, 15) is 4.79 Å². The van der Waals surface area contributed by atoms with Crippen LogP contribution in [-0.4, -0.2) is 26.8 Å². The summed E-state index contributed by atoms with van der Waals surface area (Å²) in [5, 5.41) is 10.4. The summed E-state index contributed by atoms with van der Waals surface area (Å²) in [5.41, 5.74) is 2.54. The van der Waals surface area contributed by atoms with E-state index in [2.05, 4.69) is 15.6 Å². The molecule has 0 bridgehead atoms. The zero-order chi connectivity index (χ0) is 12.3. The van der Waals surface area contributed by atoms with Crippen molar-refractivity contribution in [3.05, 3.63) is 36.2 Å². The molecule has 5 nitrogen and oxygen atoms in total. The minimum absolute atomic E-state index is 0.0517. The summed E-state index contributed by atoms with van der Waals surface area (Å²) in [4.78, 5) is 11.1. The number of aromatic nitrogens is 3. The number of nitrogens with one attached hydrogen (secondary N) is 1. The van der Waals surface area contributed by atoms with Gasteiger partial charge in [0, 0.05) is 5.69 Å². The second kappa shape index (κ2) is 4.97. The maximum atomic E-state index is 11.1. The molecule has 0 saturated carbocycles. The number of rotatable bonds is 3. The number of carbonyl (C=O) groups is 1. The summed E-state index contributed by atoms with van der Waals surface area (Å²) in [6.45, 7) is 1.92. The first-order chi connectivity index (χ1) is 8.20. The van der Waals surface area contributed by atoms with Gasteiger partial charge in [0.2, 0.25) is 5.91 Å². The van der Waals surface area contributed by atoms with Gasteiger partial charge in [-0.15, -0.1) is 16.7 Å². The maximum Gasteiger partial charge on any atom is 0.239 e. The second-order valence-corrected chi connectivity index (χ2v) is 3.78. The van der Waals surface area contributed by atoms with Crippen LogP contribution in [0.2, 0.25) is 0 Å². The molecule has 0 aliphatic carbocycles. The summed E-state index contributed by atoms with van der Waals surface area (Å²) in [7, 11) is 0. The van der Waals surface area contributed by atoms with Gasteiger partial charge in [-0.25, -0.2) is 4.68 Å². The van der Waals surface area contributed by atoms with Gasteiger partial charge >= 0.3 is 0 Å². The topological polar surface area (TPSA) is 59.8 Å². The van der Waals surface area contributed by atoms with Crippen molar-refractivity contribution in [1.29, 1.82) is 0 Å². The minimum atomic E-state index is -0.226. The van der Waals surface area contributed by atoms with E-state index < -0.39 is 0 Å². The summed E-state index contributed by atoms with van der Waals surface area (Å²) in [5.74, 6) is -0.277. The Balaban J connectivity index is 2.19. The lowest BCUT2D eigenvalue weighted by Crippen LogP contribution is -2.12. The number of hydrogen-bond acceptors (Lipinski definition) is 3. The fourth-order valence-electron chi connectivity index (χ4n) is 1.42. The monoisotopic (exact) mass is 250 g/mol. The van der Waals surface area contributed by atoms with Crippen molar-refractivity contribution in [3.8, 4) is 5.69 Å².